The van der Waals surface area contributed by atoms with E-state index in [1.54, 1.807) is 12.4 Å². The molecule has 0 aliphatic heterocycles. The molecule has 5 nitrogen and oxygen atoms in total. The van der Waals surface area contributed by atoms with Crippen LogP contribution < -0.4 is 15.0 Å². The lowest BCUT2D eigenvalue weighted by Crippen LogP contribution is -2.38. The van der Waals surface area contributed by atoms with Crippen molar-refractivity contribution in [2.24, 2.45) is 0 Å². The Morgan fingerprint density at radius 3 is 2.20 bits per heavy atom. The Morgan fingerprint density at radius 1 is 1.07 bits per heavy atom. The van der Waals surface area contributed by atoms with Gasteiger partial charge in [-0.2, -0.15) is 13.2 Å². The van der Waals surface area contributed by atoms with Gasteiger partial charge in [-0.1, -0.05) is 17.7 Å². The van der Waals surface area contributed by atoms with Crippen molar-refractivity contribution < 1.29 is 31.9 Å². The van der Waals surface area contributed by atoms with Crippen LogP contribution in [0.2, 0.25) is 0 Å². The third-order valence-corrected chi connectivity index (χ3v) is 4.14. The van der Waals surface area contributed by atoms with Crippen molar-refractivity contribution in [1.29, 1.82) is 0 Å². The fourth-order valence-corrected chi connectivity index (χ4v) is 2.36. The lowest BCUT2D eigenvalue weighted by molar-refractivity contribution is -0.173. The number of amides is 2. The molecule has 1 N–H and O–H groups in total. The molecule has 0 saturated heterocycles. The molecule has 0 aromatic heterocycles. The van der Waals surface area contributed by atoms with E-state index in [9.17, 15) is 27.2 Å². The van der Waals surface area contributed by atoms with E-state index < -0.39 is 18.6 Å². The molecule has 0 saturated carbocycles. The van der Waals surface area contributed by atoms with Gasteiger partial charge in [-0.3, -0.25) is 9.59 Å². The minimum atomic E-state index is -5.05. The van der Waals surface area contributed by atoms with Crippen molar-refractivity contribution in [3.8, 4) is 5.75 Å². The van der Waals surface area contributed by atoms with Crippen LogP contribution in [-0.4, -0.2) is 38.2 Å². The van der Waals surface area contributed by atoms with Gasteiger partial charge < -0.3 is 15.0 Å². The number of aryl methyl sites for hydroxylation is 1. The van der Waals surface area contributed by atoms with Crippen molar-refractivity contribution in [3.63, 3.8) is 0 Å². The highest BCUT2D eigenvalue weighted by Gasteiger charge is 2.38. The topological polar surface area (TPSA) is 58.6 Å². The molecule has 160 valence electrons. The van der Waals surface area contributed by atoms with Gasteiger partial charge in [-0.05, 0) is 43.3 Å². The second kappa shape index (κ2) is 9.91. The second-order valence-corrected chi connectivity index (χ2v) is 6.46. The fourth-order valence-electron chi connectivity index (χ4n) is 2.36. The first-order valence-corrected chi connectivity index (χ1v) is 8.82. The molecule has 0 radical (unpaired) electrons. The van der Waals surface area contributed by atoms with Gasteiger partial charge in [0.25, 0.3) is 5.91 Å². The molecule has 9 heteroatoms. The number of rotatable bonds is 7. The zero-order chi connectivity index (χ0) is 22.3. The van der Waals surface area contributed by atoms with E-state index in [0.29, 0.717) is 5.56 Å². The molecule has 30 heavy (non-hydrogen) atoms. The van der Waals surface area contributed by atoms with E-state index in [0.717, 1.165) is 11.3 Å². The molecule has 2 amide bonds. The normalized spacial score (nSPS) is 11.7. The molecular formula is C21H20F4N2O3. The van der Waals surface area contributed by atoms with E-state index in [-0.39, 0.29) is 30.2 Å². The summed E-state index contributed by atoms with van der Waals surface area (Å²) >= 11 is 0. The molecule has 0 aliphatic rings. The summed E-state index contributed by atoms with van der Waals surface area (Å²) in [6.07, 6.45) is -4.97. The predicted molar refractivity (Wildman–Crippen MR) is 104 cm³/mol. The van der Waals surface area contributed by atoms with Crippen molar-refractivity contribution in [2.75, 3.05) is 25.1 Å². The average molecular weight is 424 g/mol. The standard InChI is InChI=1S/C21H20F4N2O3/c1-14-3-7-17(8-4-14)27(2)19(28)16-5-9-18(10-6-16)30-13-15(11-22)12-26-20(29)21(23,24)25/h3-11H,12-13H2,1-2H3,(H,26,29)/b15-11-. The number of carbonyl (C=O) groups is 2. The van der Waals surface area contributed by atoms with Crippen LogP contribution in [-0.2, 0) is 4.79 Å². The molecule has 2 rings (SSSR count). The summed E-state index contributed by atoms with van der Waals surface area (Å²) in [5.74, 6) is -2.13. The van der Waals surface area contributed by atoms with Crippen LogP contribution in [0.15, 0.2) is 60.4 Å². The summed E-state index contributed by atoms with van der Waals surface area (Å²) in [5.41, 5.74) is 2.00. The summed E-state index contributed by atoms with van der Waals surface area (Å²) in [7, 11) is 1.64. The Bertz CT molecular complexity index is 907. The Kier molecular flexibility index (Phi) is 7.57. The van der Waals surface area contributed by atoms with E-state index in [2.05, 4.69) is 0 Å². The summed E-state index contributed by atoms with van der Waals surface area (Å²) in [4.78, 5) is 24.8. The van der Waals surface area contributed by atoms with Gasteiger partial charge in [-0.25, -0.2) is 4.39 Å². The zero-order valence-corrected chi connectivity index (χ0v) is 16.3. The fraction of sp³-hybridized carbons (Fsp3) is 0.238. The van der Waals surface area contributed by atoms with Crippen LogP contribution in [0.3, 0.4) is 0 Å². The molecule has 0 heterocycles. The molecule has 0 atom stereocenters. The minimum Gasteiger partial charge on any atom is -0.489 e. The first-order valence-electron chi connectivity index (χ1n) is 8.82. The number of anilines is 1. The lowest BCUT2D eigenvalue weighted by Gasteiger charge is -2.18. The third-order valence-electron chi connectivity index (χ3n) is 4.14. The SMILES string of the molecule is Cc1ccc(N(C)C(=O)c2ccc(OC/C(=C\F)CNC(=O)C(F)(F)F)cc2)cc1. The number of hydrogen-bond acceptors (Lipinski definition) is 3. The van der Waals surface area contributed by atoms with E-state index in [1.165, 1.54) is 29.2 Å². The van der Waals surface area contributed by atoms with Crippen molar-refractivity contribution in [1.82, 2.24) is 5.32 Å². The van der Waals surface area contributed by atoms with Crippen molar-refractivity contribution in [3.05, 3.63) is 71.6 Å². The first kappa shape index (κ1) is 22.9. The summed E-state index contributed by atoms with van der Waals surface area (Å²) in [5, 5.41) is 1.56. The van der Waals surface area contributed by atoms with E-state index in [1.807, 2.05) is 31.2 Å². The van der Waals surface area contributed by atoms with Gasteiger partial charge in [0.1, 0.15) is 12.4 Å². The van der Waals surface area contributed by atoms with Gasteiger partial charge in [-0.15, -0.1) is 0 Å². The third kappa shape index (κ3) is 6.33. The number of nitrogens with zero attached hydrogens (tertiary/aromatic N) is 1. The Labute approximate surface area is 170 Å². The van der Waals surface area contributed by atoms with Crippen molar-refractivity contribution >= 4 is 17.5 Å². The van der Waals surface area contributed by atoms with Crippen LogP contribution in [0.1, 0.15) is 15.9 Å². The van der Waals surface area contributed by atoms with Crippen LogP contribution in [0, 0.1) is 6.92 Å². The van der Waals surface area contributed by atoms with Gasteiger partial charge in [0, 0.05) is 30.4 Å². The van der Waals surface area contributed by atoms with E-state index in [4.69, 9.17) is 4.74 Å². The van der Waals surface area contributed by atoms with E-state index >= 15 is 0 Å². The smallest absolute Gasteiger partial charge is 0.471 e. The monoisotopic (exact) mass is 424 g/mol. The van der Waals surface area contributed by atoms with Gasteiger partial charge in [0.05, 0.1) is 6.33 Å². The number of ether oxygens (including phenoxy) is 1. The molecule has 2 aromatic rings. The zero-order valence-electron chi connectivity index (χ0n) is 16.3. The molecule has 0 unspecified atom stereocenters. The Hall–Kier alpha value is -3.36. The number of carbonyl (C=O) groups excluding carboxylic acids is 2. The van der Waals surface area contributed by atoms with Crippen molar-refractivity contribution in [2.45, 2.75) is 13.1 Å². The van der Waals surface area contributed by atoms with Crippen LogP contribution in [0.4, 0.5) is 23.2 Å². The molecule has 0 fully saturated rings. The molecule has 2 aromatic carbocycles. The maximum atomic E-state index is 12.8. The highest BCUT2D eigenvalue weighted by Crippen LogP contribution is 2.19. The minimum absolute atomic E-state index is 0.0745. The second-order valence-electron chi connectivity index (χ2n) is 6.46. The van der Waals surface area contributed by atoms with Crippen LogP contribution in [0.5, 0.6) is 5.75 Å². The number of benzene rings is 2. The number of hydrogen-bond donors (Lipinski definition) is 1. The van der Waals surface area contributed by atoms with Gasteiger partial charge >= 0.3 is 12.1 Å². The Balaban J connectivity index is 1.92. The molecule has 0 spiro atoms. The predicted octanol–water partition coefficient (Wildman–Crippen LogP) is 4.18. The number of nitrogens with one attached hydrogen (secondary N) is 1. The van der Waals surface area contributed by atoms with Crippen LogP contribution in [0.25, 0.3) is 0 Å². The highest BCUT2D eigenvalue weighted by atomic mass is 19.4. The first-order chi connectivity index (χ1) is 14.1. The quantitative estimate of drug-likeness (QED) is 0.679. The maximum absolute atomic E-state index is 12.8. The summed E-state index contributed by atoms with van der Waals surface area (Å²) < 4.78 is 54.6. The summed E-state index contributed by atoms with van der Waals surface area (Å²) in [6.45, 7) is 0.927. The molecular weight excluding hydrogens is 404 g/mol. The lowest BCUT2D eigenvalue weighted by atomic mass is 10.1. The van der Waals surface area contributed by atoms with Gasteiger partial charge in [0.15, 0.2) is 0 Å². The number of halogens is 4. The molecule has 0 bridgehead atoms. The Morgan fingerprint density at radius 2 is 1.67 bits per heavy atom. The summed E-state index contributed by atoms with van der Waals surface area (Å²) in [6, 6.07) is 13.5. The maximum Gasteiger partial charge on any atom is 0.471 e. The number of alkyl halides is 3. The highest BCUT2D eigenvalue weighted by molar-refractivity contribution is 6.05. The van der Waals surface area contributed by atoms with Gasteiger partial charge in [0.2, 0.25) is 0 Å². The van der Waals surface area contributed by atoms with Crippen LogP contribution >= 0.6 is 0 Å². The average Bonchev–Trinajstić information content (AvgIpc) is 2.73. The molecule has 0 aliphatic carbocycles. The largest absolute Gasteiger partial charge is 0.489 e.